The van der Waals surface area contributed by atoms with Gasteiger partial charge in [-0.1, -0.05) is 26.8 Å². The van der Waals surface area contributed by atoms with Gasteiger partial charge in [-0.3, -0.25) is 0 Å². The Balaban J connectivity index is 1.90. The second-order valence-corrected chi connectivity index (χ2v) is 8.09. The Bertz CT molecular complexity index is 370. The molecule has 1 aromatic heterocycles. The molecule has 1 aliphatic carbocycles. The summed E-state index contributed by atoms with van der Waals surface area (Å²) in [6.45, 7) is 8.83. The average molecular weight is 280 g/mol. The van der Waals surface area contributed by atoms with E-state index in [4.69, 9.17) is 5.73 Å². The van der Waals surface area contributed by atoms with E-state index in [1.54, 1.807) is 0 Å². The topological polar surface area (TPSA) is 38.0 Å². The fourth-order valence-corrected chi connectivity index (χ4v) is 3.82. The Morgan fingerprint density at radius 3 is 2.53 bits per heavy atom. The molecule has 0 bridgehead atoms. The smallest absolute Gasteiger partial charge is 0.0307 e. The molecule has 0 amide bonds. The van der Waals surface area contributed by atoms with Crippen LogP contribution in [-0.4, -0.2) is 12.1 Å². The van der Waals surface area contributed by atoms with Gasteiger partial charge in [0.2, 0.25) is 0 Å². The highest BCUT2D eigenvalue weighted by Crippen LogP contribution is 2.41. The number of nitrogens with two attached hydrogens (primary N) is 1. The molecule has 0 saturated heterocycles. The van der Waals surface area contributed by atoms with E-state index in [1.807, 2.05) is 11.3 Å². The molecule has 0 aromatic carbocycles. The maximum absolute atomic E-state index is 6.07. The van der Waals surface area contributed by atoms with E-state index in [2.05, 4.69) is 43.6 Å². The van der Waals surface area contributed by atoms with Gasteiger partial charge in [0.1, 0.15) is 0 Å². The lowest BCUT2D eigenvalue weighted by molar-refractivity contribution is 0.117. The molecule has 1 heterocycles. The first-order valence-electron chi connectivity index (χ1n) is 7.43. The summed E-state index contributed by atoms with van der Waals surface area (Å²) in [6.07, 6.45) is 5.05. The van der Waals surface area contributed by atoms with Gasteiger partial charge in [-0.05, 0) is 48.5 Å². The highest BCUT2D eigenvalue weighted by atomic mass is 32.1. The summed E-state index contributed by atoms with van der Waals surface area (Å²) in [5.74, 6) is 0.843. The molecule has 0 unspecified atom stereocenters. The summed E-state index contributed by atoms with van der Waals surface area (Å²) in [5, 5.41) is 5.89. The Morgan fingerprint density at radius 1 is 1.37 bits per heavy atom. The first-order chi connectivity index (χ1) is 8.95. The Hall–Kier alpha value is -0.380. The van der Waals surface area contributed by atoms with Crippen molar-refractivity contribution in [3.63, 3.8) is 0 Å². The van der Waals surface area contributed by atoms with Crippen molar-refractivity contribution in [2.24, 2.45) is 17.1 Å². The molecule has 19 heavy (non-hydrogen) atoms. The van der Waals surface area contributed by atoms with E-state index in [9.17, 15) is 0 Å². The van der Waals surface area contributed by atoms with Crippen LogP contribution in [0.15, 0.2) is 17.5 Å². The molecule has 3 N–H and O–H groups in total. The van der Waals surface area contributed by atoms with Crippen LogP contribution >= 0.6 is 11.3 Å². The van der Waals surface area contributed by atoms with Crippen molar-refractivity contribution in [1.82, 2.24) is 5.32 Å². The van der Waals surface area contributed by atoms with E-state index in [0.29, 0.717) is 5.41 Å². The van der Waals surface area contributed by atoms with Crippen molar-refractivity contribution >= 4 is 11.3 Å². The molecule has 0 atom stereocenters. The Kier molecular flexibility index (Phi) is 4.70. The van der Waals surface area contributed by atoms with E-state index in [1.165, 1.54) is 30.6 Å². The van der Waals surface area contributed by atoms with Gasteiger partial charge in [0.25, 0.3) is 0 Å². The van der Waals surface area contributed by atoms with Gasteiger partial charge in [0, 0.05) is 23.5 Å². The fraction of sp³-hybridized carbons (Fsp3) is 0.750. The van der Waals surface area contributed by atoms with Crippen LogP contribution in [0.3, 0.4) is 0 Å². The van der Waals surface area contributed by atoms with E-state index in [-0.39, 0.29) is 5.54 Å². The lowest BCUT2D eigenvalue weighted by Gasteiger charge is -2.44. The zero-order chi connectivity index (χ0) is 13.9. The quantitative estimate of drug-likeness (QED) is 0.881. The number of nitrogens with one attached hydrogen (secondary N) is 1. The van der Waals surface area contributed by atoms with Gasteiger partial charge < -0.3 is 11.1 Å². The number of hydrogen-bond donors (Lipinski definition) is 2. The third kappa shape index (κ3) is 3.80. The van der Waals surface area contributed by atoms with Gasteiger partial charge in [-0.25, -0.2) is 0 Å². The molecule has 2 rings (SSSR count). The fourth-order valence-electron chi connectivity index (χ4n) is 3.18. The van der Waals surface area contributed by atoms with Crippen molar-refractivity contribution in [2.45, 2.75) is 58.5 Å². The van der Waals surface area contributed by atoms with E-state index in [0.717, 1.165) is 19.0 Å². The van der Waals surface area contributed by atoms with E-state index < -0.39 is 0 Å². The average Bonchev–Trinajstić information content (AvgIpc) is 2.89. The molecule has 1 aromatic rings. The van der Waals surface area contributed by atoms with Gasteiger partial charge >= 0.3 is 0 Å². The summed E-state index contributed by atoms with van der Waals surface area (Å²) in [4.78, 5) is 1.41. The first kappa shape index (κ1) is 15.0. The van der Waals surface area contributed by atoms with Gasteiger partial charge in [0.15, 0.2) is 0 Å². The van der Waals surface area contributed by atoms with Crippen molar-refractivity contribution in [2.75, 3.05) is 6.54 Å². The predicted molar refractivity (Wildman–Crippen MR) is 84.4 cm³/mol. The lowest BCUT2D eigenvalue weighted by atomic mass is 9.67. The highest BCUT2D eigenvalue weighted by molar-refractivity contribution is 7.09. The third-order valence-electron chi connectivity index (χ3n) is 4.78. The van der Waals surface area contributed by atoms with Crippen molar-refractivity contribution in [3.05, 3.63) is 22.4 Å². The Morgan fingerprint density at radius 2 is 2.05 bits per heavy atom. The van der Waals surface area contributed by atoms with Gasteiger partial charge in [-0.15, -0.1) is 11.3 Å². The SMILES string of the molecule is CC(C)(C)C1CCC(CN)(NCc2cccs2)CC1. The summed E-state index contributed by atoms with van der Waals surface area (Å²) < 4.78 is 0. The van der Waals surface area contributed by atoms with Crippen molar-refractivity contribution < 1.29 is 0 Å². The largest absolute Gasteiger partial charge is 0.329 e. The monoisotopic (exact) mass is 280 g/mol. The summed E-state index contributed by atoms with van der Waals surface area (Å²) in [6, 6.07) is 4.32. The highest BCUT2D eigenvalue weighted by Gasteiger charge is 2.37. The minimum Gasteiger partial charge on any atom is -0.329 e. The zero-order valence-electron chi connectivity index (χ0n) is 12.5. The molecule has 0 aliphatic heterocycles. The molecular weight excluding hydrogens is 252 g/mol. The van der Waals surface area contributed by atoms with E-state index >= 15 is 0 Å². The number of thiophene rings is 1. The maximum atomic E-state index is 6.07. The van der Waals surface area contributed by atoms with Crippen LogP contribution in [0.1, 0.15) is 51.3 Å². The Labute approximate surface area is 121 Å². The van der Waals surface area contributed by atoms with Crippen LogP contribution < -0.4 is 11.1 Å². The molecular formula is C16H28N2S. The minimum absolute atomic E-state index is 0.172. The maximum Gasteiger partial charge on any atom is 0.0307 e. The molecule has 3 heteroatoms. The molecule has 2 nitrogen and oxygen atoms in total. The second-order valence-electron chi connectivity index (χ2n) is 7.06. The zero-order valence-corrected chi connectivity index (χ0v) is 13.4. The molecule has 0 radical (unpaired) electrons. The third-order valence-corrected chi connectivity index (χ3v) is 5.65. The number of hydrogen-bond acceptors (Lipinski definition) is 3. The summed E-state index contributed by atoms with van der Waals surface area (Å²) in [7, 11) is 0. The van der Waals surface area contributed by atoms with Crippen LogP contribution in [0.25, 0.3) is 0 Å². The van der Waals surface area contributed by atoms with Crippen LogP contribution in [0.4, 0.5) is 0 Å². The summed E-state index contributed by atoms with van der Waals surface area (Å²) in [5.41, 5.74) is 6.68. The van der Waals surface area contributed by atoms with Crippen LogP contribution in [0, 0.1) is 11.3 Å². The molecule has 1 fully saturated rings. The van der Waals surface area contributed by atoms with Crippen molar-refractivity contribution in [3.8, 4) is 0 Å². The molecule has 1 aliphatic rings. The lowest BCUT2D eigenvalue weighted by Crippen LogP contribution is -2.53. The molecule has 108 valence electrons. The summed E-state index contributed by atoms with van der Waals surface area (Å²) >= 11 is 1.82. The molecule has 0 spiro atoms. The predicted octanol–water partition coefficient (Wildman–Crippen LogP) is 3.77. The molecule has 1 saturated carbocycles. The standard InChI is InChI=1S/C16H28N2S/c1-15(2,3)13-6-8-16(12-17,9-7-13)18-11-14-5-4-10-19-14/h4-5,10,13,18H,6-9,11-12,17H2,1-3H3. The van der Waals surface area contributed by atoms with Crippen LogP contribution in [0.5, 0.6) is 0 Å². The van der Waals surface area contributed by atoms with Crippen LogP contribution in [-0.2, 0) is 6.54 Å². The van der Waals surface area contributed by atoms with Gasteiger partial charge in [0.05, 0.1) is 0 Å². The first-order valence-corrected chi connectivity index (χ1v) is 8.31. The second kappa shape index (κ2) is 5.94. The normalized spacial score (nSPS) is 28.5. The van der Waals surface area contributed by atoms with Crippen molar-refractivity contribution in [1.29, 1.82) is 0 Å². The van der Waals surface area contributed by atoms with Crippen LogP contribution in [0.2, 0.25) is 0 Å². The van der Waals surface area contributed by atoms with Gasteiger partial charge in [-0.2, -0.15) is 0 Å². The number of rotatable bonds is 4. The minimum atomic E-state index is 0.172.